The number of rotatable bonds is 1. The van der Waals surface area contributed by atoms with Gasteiger partial charge in [0.1, 0.15) is 17.8 Å². The monoisotopic (exact) mass is 198 g/mol. The molecule has 0 saturated heterocycles. The van der Waals surface area contributed by atoms with E-state index < -0.39 is 0 Å². The summed E-state index contributed by atoms with van der Waals surface area (Å²) in [6.07, 6.45) is 6.36. The molecule has 0 spiro atoms. The van der Waals surface area contributed by atoms with E-state index in [1.165, 1.54) is 5.69 Å². The molecular weight excluding hydrogens is 188 g/mol. The van der Waals surface area contributed by atoms with Crippen LogP contribution in [0.2, 0.25) is 0 Å². The molecule has 74 valence electrons. The lowest BCUT2D eigenvalue weighted by molar-refractivity contribution is 0.847. The molecule has 0 bridgehead atoms. The standard InChI is InChI=1S/C11H10N4/c1-2-5-13-11(3-1)15-8-14-9-7-12-6-4-10(9)15/h1-3,5,7-8H,4,6H2. The van der Waals surface area contributed by atoms with Gasteiger partial charge in [0, 0.05) is 25.4 Å². The zero-order chi connectivity index (χ0) is 10.1. The summed E-state index contributed by atoms with van der Waals surface area (Å²) in [4.78, 5) is 12.8. The van der Waals surface area contributed by atoms with Crippen molar-refractivity contribution < 1.29 is 0 Å². The zero-order valence-corrected chi connectivity index (χ0v) is 8.17. The van der Waals surface area contributed by atoms with Crippen LogP contribution in [-0.4, -0.2) is 27.3 Å². The van der Waals surface area contributed by atoms with E-state index in [4.69, 9.17) is 0 Å². The van der Waals surface area contributed by atoms with Gasteiger partial charge in [-0.3, -0.25) is 9.56 Å². The summed E-state index contributed by atoms with van der Waals surface area (Å²) in [5.74, 6) is 0.918. The molecule has 0 radical (unpaired) electrons. The van der Waals surface area contributed by atoms with Crippen molar-refractivity contribution in [1.82, 2.24) is 14.5 Å². The number of aliphatic imine (C=N–C) groups is 1. The molecule has 3 heterocycles. The summed E-state index contributed by atoms with van der Waals surface area (Å²) in [6, 6.07) is 5.87. The number of nitrogens with zero attached hydrogens (tertiary/aromatic N) is 4. The molecule has 1 aliphatic rings. The van der Waals surface area contributed by atoms with Gasteiger partial charge in [-0.1, -0.05) is 6.07 Å². The van der Waals surface area contributed by atoms with Gasteiger partial charge >= 0.3 is 0 Å². The fourth-order valence-corrected chi connectivity index (χ4v) is 1.76. The van der Waals surface area contributed by atoms with Gasteiger partial charge in [0.05, 0.1) is 5.69 Å². The quantitative estimate of drug-likeness (QED) is 0.692. The maximum Gasteiger partial charge on any atom is 0.138 e. The largest absolute Gasteiger partial charge is 0.290 e. The first-order valence-electron chi connectivity index (χ1n) is 4.92. The molecule has 2 aromatic heterocycles. The minimum atomic E-state index is 0.839. The number of hydrogen-bond donors (Lipinski definition) is 0. The molecule has 0 fully saturated rings. The van der Waals surface area contributed by atoms with Crippen LogP contribution in [0, 0.1) is 0 Å². The number of fused-ring (bicyclic) bond motifs is 1. The van der Waals surface area contributed by atoms with Crippen molar-refractivity contribution in [2.24, 2.45) is 4.99 Å². The third kappa shape index (κ3) is 1.34. The topological polar surface area (TPSA) is 43.1 Å². The SMILES string of the molecule is C1=NCCc2c1ncn2-c1ccccn1. The summed E-state index contributed by atoms with van der Waals surface area (Å²) < 4.78 is 2.03. The van der Waals surface area contributed by atoms with Crippen LogP contribution in [0.1, 0.15) is 11.4 Å². The first-order valence-corrected chi connectivity index (χ1v) is 4.92. The third-order valence-electron chi connectivity index (χ3n) is 2.49. The van der Waals surface area contributed by atoms with E-state index in [1.807, 2.05) is 35.3 Å². The van der Waals surface area contributed by atoms with Crippen molar-refractivity contribution in [3.63, 3.8) is 0 Å². The van der Waals surface area contributed by atoms with Crippen molar-refractivity contribution in [1.29, 1.82) is 0 Å². The van der Waals surface area contributed by atoms with Crippen LogP contribution in [0.3, 0.4) is 0 Å². The highest BCUT2D eigenvalue weighted by Crippen LogP contribution is 2.14. The lowest BCUT2D eigenvalue weighted by atomic mass is 10.2. The summed E-state index contributed by atoms with van der Waals surface area (Å²) >= 11 is 0. The molecule has 4 nitrogen and oxygen atoms in total. The Labute approximate surface area is 87.3 Å². The van der Waals surface area contributed by atoms with Crippen molar-refractivity contribution in [3.8, 4) is 5.82 Å². The van der Waals surface area contributed by atoms with Crippen LogP contribution >= 0.6 is 0 Å². The van der Waals surface area contributed by atoms with E-state index in [0.717, 1.165) is 24.5 Å². The average Bonchev–Trinajstić information content (AvgIpc) is 2.74. The molecule has 0 N–H and O–H groups in total. The smallest absolute Gasteiger partial charge is 0.138 e. The molecule has 0 aliphatic carbocycles. The van der Waals surface area contributed by atoms with Gasteiger partial charge in [0.25, 0.3) is 0 Å². The van der Waals surface area contributed by atoms with Gasteiger partial charge in [0.2, 0.25) is 0 Å². The maximum absolute atomic E-state index is 4.31. The molecule has 3 rings (SSSR count). The summed E-state index contributed by atoms with van der Waals surface area (Å²) in [5.41, 5.74) is 2.16. The predicted octanol–water partition coefficient (Wildman–Crippen LogP) is 1.24. The van der Waals surface area contributed by atoms with Crippen LogP contribution in [0.25, 0.3) is 5.82 Å². The second-order valence-electron chi connectivity index (χ2n) is 3.42. The molecule has 0 aromatic carbocycles. The lowest BCUT2D eigenvalue weighted by Crippen LogP contribution is -2.08. The van der Waals surface area contributed by atoms with Crippen LogP contribution in [-0.2, 0) is 6.42 Å². The summed E-state index contributed by atoms with van der Waals surface area (Å²) in [5, 5.41) is 0. The average molecular weight is 198 g/mol. The Morgan fingerprint density at radius 1 is 1.20 bits per heavy atom. The van der Waals surface area contributed by atoms with Crippen molar-refractivity contribution in [2.75, 3.05) is 6.54 Å². The second kappa shape index (κ2) is 3.31. The predicted molar refractivity (Wildman–Crippen MR) is 57.5 cm³/mol. The Morgan fingerprint density at radius 3 is 3.07 bits per heavy atom. The number of imidazole rings is 1. The molecule has 4 heteroatoms. The van der Waals surface area contributed by atoms with Crippen LogP contribution < -0.4 is 0 Å². The molecular formula is C11H10N4. The maximum atomic E-state index is 4.31. The highest BCUT2D eigenvalue weighted by atomic mass is 15.1. The van der Waals surface area contributed by atoms with Crippen LogP contribution in [0.15, 0.2) is 35.7 Å². The highest BCUT2D eigenvalue weighted by molar-refractivity contribution is 5.79. The fourth-order valence-electron chi connectivity index (χ4n) is 1.76. The molecule has 0 saturated carbocycles. The Bertz CT molecular complexity index is 499. The van der Waals surface area contributed by atoms with Gasteiger partial charge in [-0.2, -0.15) is 0 Å². The minimum Gasteiger partial charge on any atom is -0.290 e. The Hall–Kier alpha value is -1.97. The number of hydrogen-bond acceptors (Lipinski definition) is 3. The van der Waals surface area contributed by atoms with Gasteiger partial charge in [0.15, 0.2) is 0 Å². The van der Waals surface area contributed by atoms with Gasteiger partial charge in [-0.25, -0.2) is 9.97 Å². The third-order valence-corrected chi connectivity index (χ3v) is 2.49. The van der Waals surface area contributed by atoms with Gasteiger partial charge < -0.3 is 0 Å². The molecule has 0 atom stereocenters. The van der Waals surface area contributed by atoms with Crippen LogP contribution in [0.4, 0.5) is 0 Å². The normalized spacial score (nSPS) is 13.9. The second-order valence-corrected chi connectivity index (χ2v) is 3.42. The summed E-state index contributed by atoms with van der Waals surface area (Å²) in [7, 11) is 0. The van der Waals surface area contributed by atoms with E-state index in [1.54, 1.807) is 6.20 Å². The van der Waals surface area contributed by atoms with Crippen molar-refractivity contribution >= 4 is 6.21 Å². The van der Waals surface area contributed by atoms with E-state index in [-0.39, 0.29) is 0 Å². The zero-order valence-electron chi connectivity index (χ0n) is 8.17. The number of pyridine rings is 1. The Morgan fingerprint density at radius 2 is 2.20 bits per heavy atom. The van der Waals surface area contributed by atoms with E-state index in [2.05, 4.69) is 15.0 Å². The first-order chi connectivity index (χ1) is 7.45. The fraction of sp³-hybridized carbons (Fsp3) is 0.182. The lowest BCUT2D eigenvalue weighted by Gasteiger charge is -2.09. The van der Waals surface area contributed by atoms with E-state index in [0.29, 0.717) is 0 Å². The van der Waals surface area contributed by atoms with Crippen molar-refractivity contribution in [3.05, 3.63) is 42.1 Å². The Kier molecular flexibility index (Phi) is 1.84. The minimum absolute atomic E-state index is 0.839. The number of aromatic nitrogens is 3. The van der Waals surface area contributed by atoms with Gasteiger partial charge in [-0.15, -0.1) is 0 Å². The molecule has 0 amide bonds. The highest BCUT2D eigenvalue weighted by Gasteiger charge is 2.13. The van der Waals surface area contributed by atoms with E-state index in [9.17, 15) is 0 Å². The van der Waals surface area contributed by atoms with E-state index >= 15 is 0 Å². The molecule has 0 unspecified atom stereocenters. The first kappa shape index (κ1) is 8.35. The summed E-state index contributed by atoms with van der Waals surface area (Å²) in [6.45, 7) is 0.839. The molecule has 15 heavy (non-hydrogen) atoms. The van der Waals surface area contributed by atoms with Gasteiger partial charge in [-0.05, 0) is 12.1 Å². The Balaban J connectivity index is 2.14. The van der Waals surface area contributed by atoms with Crippen LogP contribution in [0.5, 0.6) is 0 Å². The molecule has 2 aromatic rings. The molecule has 1 aliphatic heterocycles. The van der Waals surface area contributed by atoms with Crippen molar-refractivity contribution in [2.45, 2.75) is 6.42 Å².